The summed E-state index contributed by atoms with van der Waals surface area (Å²) in [5.74, 6) is 0.364. The predicted molar refractivity (Wildman–Crippen MR) is 76.2 cm³/mol. The molecule has 0 atom stereocenters. The van der Waals surface area contributed by atoms with Crippen molar-refractivity contribution in [3.8, 4) is 11.5 Å². The molecule has 2 rings (SSSR count). The lowest BCUT2D eigenvalue weighted by Gasteiger charge is -2.01. The molecule has 2 aromatic rings. The van der Waals surface area contributed by atoms with E-state index in [-0.39, 0.29) is 11.7 Å². The number of phenolic OH excluding ortho intramolecular Hbond substituents is 1. The molecule has 5 heteroatoms. The van der Waals surface area contributed by atoms with Crippen molar-refractivity contribution in [2.45, 2.75) is 0 Å². The monoisotopic (exact) mass is 270 g/mol. The van der Waals surface area contributed by atoms with Crippen molar-refractivity contribution in [1.29, 1.82) is 0 Å². The summed E-state index contributed by atoms with van der Waals surface area (Å²) >= 11 is 0. The van der Waals surface area contributed by atoms with Crippen LogP contribution in [0.3, 0.4) is 0 Å². The number of hydrazone groups is 1. The van der Waals surface area contributed by atoms with Gasteiger partial charge in [-0.15, -0.1) is 0 Å². The summed E-state index contributed by atoms with van der Waals surface area (Å²) in [6, 6.07) is 13.3. The second-order valence-corrected chi connectivity index (χ2v) is 4.03. The maximum absolute atomic E-state index is 11.7. The number of amides is 1. The quantitative estimate of drug-likeness (QED) is 0.660. The number of phenols is 1. The molecule has 2 N–H and O–H groups in total. The molecule has 0 spiro atoms. The Morgan fingerprint density at radius 3 is 2.80 bits per heavy atom. The number of hydrogen-bond donors (Lipinski definition) is 2. The van der Waals surface area contributed by atoms with E-state index in [9.17, 15) is 9.90 Å². The highest BCUT2D eigenvalue weighted by atomic mass is 16.5. The Bertz CT molecular complexity index is 639. The van der Waals surface area contributed by atoms with Crippen LogP contribution >= 0.6 is 0 Å². The van der Waals surface area contributed by atoms with Gasteiger partial charge in [-0.25, -0.2) is 5.43 Å². The van der Waals surface area contributed by atoms with Crippen molar-refractivity contribution >= 4 is 12.1 Å². The highest BCUT2D eigenvalue weighted by Crippen LogP contribution is 2.11. The van der Waals surface area contributed by atoms with Crippen LogP contribution in [0, 0.1) is 0 Å². The van der Waals surface area contributed by atoms with Gasteiger partial charge < -0.3 is 9.84 Å². The van der Waals surface area contributed by atoms with Crippen molar-refractivity contribution in [2.24, 2.45) is 5.10 Å². The fourth-order valence-corrected chi connectivity index (χ4v) is 1.60. The van der Waals surface area contributed by atoms with Gasteiger partial charge in [0, 0.05) is 5.56 Å². The molecule has 1 amide bonds. The lowest BCUT2D eigenvalue weighted by Crippen LogP contribution is -2.17. The van der Waals surface area contributed by atoms with Gasteiger partial charge >= 0.3 is 0 Å². The van der Waals surface area contributed by atoms with E-state index in [1.165, 1.54) is 18.3 Å². The zero-order valence-corrected chi connectivity index (χ0v) is 10.9. The van der Waals surface area contributed by atoms with E-state index >= 15 is 0 Å². The number of rotatable bonds is 4. The summed E-state index contributed by atoms with van der Waals surface area (Å²) in [4.78, 5) is 11.7. The van der Waals surface area contributed by atoms with Crippen molar-refractivity contribution in [3.63, 3.8) is 0 Å². The van der Waals surface area contributed by atoms with Gasteiger partial charge in [0.05, 0.1) is 13.3 Å². The average molecular weight is 270 g/mol. The molecule has 5 nitrogen and oxygen atoms in total. The molecule has 0 fully saturated rings. The summed E-state index contributed by atoms with van der Waals surface area (Å²) in [6.45, 7) is 0. The highest BCUT2D eigenvalue weighted by Gasteiger charge is 2.04. The van der Waals surface area contributed by atoms with Crippen molar-refractivity contribution in [1.82, 2.24) is 5.43 Å². The maximum atomic E-state index is 11.7. The number of benzene rings is 2. The smallest absolute Gasteiger partial charge is 0.271 e. The average Bonchev–Trinajstić information content (AvgIpc) is 2.47. The van der Waals surface area contributed by atoms with Crippen LogP contribution in [0.4, 0.5) is 0 Å². The molecule has 0 aliphatic carbocycles. The van der Waals surface area contributed by atoms with Crippen molar-refractivity contribution in [2.75, 3.05) is 7.11 Å². The van der Waals surface area contributed by atoms with Gasteiger partial charge in [0.25, 0.3) is 5.91 Å². The summed E-state index contributed by atoms with van der Waals surface area (Å²) in [5, 5.41) is 13.2. The Morgan fingerprint density at radius 1 is 1.25 bits per heavy atom. The first kappa shape index (κ1) is 13.6. The van der Waals surface area contributed by atoms with Crippen molar-refractivity contribution < 1.29 is 14.6 Å². The van der Waals surface area contributed by atoms with Gasteiger partial charge in [0.15, 0.2) is 0 Å². The molecule has 0 aliphatic heterocycles. The fraction of sp³-hybridized carbons (Fsp3) is 0.0667. The Hall–Kier alpha value is -2.82. The Kier molecular flexibility index (Phi) is 4.34. The molecule has 20 heavy (non-hydrogen) atoms. The number of hydrogen-bond acceptors (Lipinski definition) is 4. The van der Waals surface area contributed by atoms with E-state index in [4.69, 9.17) is 4.74 Å². The molecule has 0 bridgehead atoms. The van der Waals surface area contributed by atoms with Gasteiger partial charge in [-0.2, -0.15) is 5.10 Å². The van der Waals surface area contributed by atoms with E-state index in [0.29, 0.717) is 11.3 Å². The first-order valence-corrected chi connectivity index (χ1v) is 5.95. The third-order valence-corrected chi connectivity index (χ3v) is 2.58. The third-order valence-electron chi connectivity index (χ3n) is 2.58. The largest absolute Gasteiger partial charge is 0.508 e. The lowest BCUT2D eigenvalue weighted by molar-refractivity contribution is 0.0954. The molecule has 0 saturated carbocycles. The molecule has 0 saturated heterocycles. The number of aromatic hydroxyl groups is 1. The van der Waals surface area contributed by atoms with Crippen molar-refractivity contribution in [3.05, 3.63) is 59.7 Å². The summed E-state index contributed by atoms with van der Waals surface area (Å²) in [7, 11) is 1.58. The van der Waals surface area contributed by atoms with E-state index < -0.39 is 0 Å². The second kappa shape index (κ2) is 6.38. The van der Waals surface area contributed by atoms with Crippen LogP contribution in [0.15, 0.2) is 53.6 Å². The van der Waals surface area contributed by atoms with Gasteiger partial charge in [-0.1, -0.05) is 18.2 Å². The van der Waals surface area contributed by atoms with E-state index in [1.807, 2.05) is 18.2 Å². The zero-order chi connectivity index (χ0) is 14.4. The minimum Gasteiger partial charge on any atom is -0.508 e. The van der Waals surface area contributed by atoms with Crippen LogP contribution in [-0.4, -0.2) is 24.3 Å². The minimum absolute atomic E-state index is 0.0365. The third kappa shape index (κ3) is 3.58. The molecule has 0 aliphatic rings. The Morgan fingerprint density at radius 2 is 2.05 bits per heavy atom. The molecular formula is C15H14N2O3. The second-order valence-electron chi connectivity index (χ2n) is 4.03. The molecule has 0 heterocycles. The van der Waals surface area contributed by atoms with E-state index in [2.05, 4.69) is 10.5 Å². The summed E-state index contributed by atoms with van der Waals surface area (Å²) in [6.07, 6.45) is 1.52. The zero-order valence-electron chi connectivity index (χ0n) is 10.9. The van der Waals surface area contributed by atoms with Gasteiger partial charge in [-0.3, -0.25) is 4.79 Å². The molecular weight excluding hydrogens is 256 g/mol. The van der Waals surface area contributed by atoms with Crippen LogP contribution in [0.2, 0.25) is 0 Å². The van der Waals surface area contributed by atoms with Crippen LogP contribution in [0.1, 0.15) is 15.9 Å². The predicted octanol–water partition coefficient (Wildman–Crippen LogP) is 2.16. The highest BCUT2D eigenvalue weighted by molar-refractivity contribution is 5.95. The van der Waals surface area contributed by atoms with E-state index in [0.717, 1.165) is 5.56 Å². The van der Waals surface area contributed by atoms with Gasteiger partial charge in [0.1, 0.15) is 11.5 Å². The van der Waals surface area contributed by atoms with Crippen LogP contribution in [-0.2, 0) is 0 Å². The molecule has 0 radical (unpaired) electrons. The summed E-state index contributed by atoms with van der Waals surface area (Å²) < 4.78 is 5.09. The van der Waals surface area contributed by atoms with E-state index in [1.54, 1.807) is 25.3 Å². The summed E-state index contributed by atoms with van der Waals surface area (Å²) in [5.41, 5.74) is 3.54. The maximum Gasteiger partial charge on any atom is 0.271 e. The number of carbonyl (C=O) groups is 1. The number of nitrogens with zero attached hydrogens (tertiary/aromatic N) is 1. The number of nitrogens with one attached hydrogen (secondary N) is 1. The molecule has 0 aromatic heterocycles. The fourth-order valence-electron chi connectivity index (χ4n) is 1.60. The standard InChI is InChI=1S/C15H14N2O3/c1-20-14-7-2-4-11(8-14)10-16-17-15(19)12-5-3-6-13(18)9-12/h2-10,18H,1H3,(H,17,19)/b16-10+. The van der Waals surface area contributed by atoms with Gasteiger partial charge in [-0.05, 0) is 35.9 Å². The van der Waals surface area contributed by atoms with Crippen LogP contribution in [0.25, 0.3) is 0 Å². The number of methoxy groups -OCH3 is 1. The lowest BCUT2D eigenvalue weighted by atomic mass is 10.2. The Labute approximate surface area is 116 Å². The molecule has 102 valence electrons. The number of ether oxygens (including phenoxy) is 1. The first-order chi connectivity index (χ1) is 9.69. The topological polar surface area (TPSA) is 70.9 Å². The normalized spacial score (nSPS) is 10.4. The SMILES string of the molecule is COc1cccc(/C=N/NC(=O)c2cccc(O)c2)c1. The van der Waals surface area contributed by atoms with Crippen LogP contribution in [0.5, 0.6) is 11.5 Å². The number of carbonyl (C=O) groups excluding carboxylic acids is 1. The molecule has 2 aromatic carbocycles. The first-order valence-electron chi connectivity index (χ1n) is 5.95. The minimum atomic E-state index is -0.389. The van der Waals surface area contributed by atoms with Gasteiger partial charge in [0.2, 0.25) is 0 Å². The molecule has 0 unspecified atom stereocenters. The Balaban J connectivity index is 2.00. The van der Waals surface area contributed by atoms with Crippen LogP contribution < -0.4 is 10.2 Å².